The van der Waals surface area contributed by atoms with Crippen molar-refractivity contribution >= 4 is 28.0 Å². The minimum absolute atomic E-state index is 0.595. The molecule has 0 saturated heterocycles. The van der Waals surface area contributed by atoms with Gasteiger partial charge in [-0.3, -0.25) is 0 Å². The highest BCUT2D eigenvalue weighted by Crippen LogP contribution is 2.32. The molecule has 0 amide bonds. The second kappa shape index (κ2) is 12.7. The first-order valence-corrected chi connectivity index (χ1v) is 13.0. The van der Waals surface area contributed by atoms with Crippen molar-refractivity contribution in [3.63, 3.8) is 0 Å². The van der Waals surface area contributed by atoms with Gasteiger partial charge in [0.05, 0.1) is 56.9 Å². The van der Waals surface area contributed by atoms with Gasteiger partial charge in [0.15, 0.2) is 46.0 Å². The molecule has 0 N–H and O–H groups in total. The molecule has 0 saturated carbocycles. The van der Waals surface area contributed by atoms with Gasteiger partial charge in [0, 0.05) is 0 Å². The van der Waals surface area contributed by atoms with E-state index >= 15 is 0 Å². The topological polar surface area (TPSA) is 73.8 Å². The Labute approximate surface area is 241 Å². The molecular weight excluding hydrogens is 523 g/mol. The van der Waals surface area contributed by atoms with Gasteiger partial charge in [0.1, 0.15) is 6.15 Å². The molecule has 216 valence electrons. The van der Waals surface area contributed by atoms with Crippen LogP contribution in [-0.2, 0) is 0 Å². The first-order valence-electron chi connectivity index (χ1n) is 13.0. The van der Waals surface area contributed by atoms with Crippen LogP contribution >= 0.6 is 0 Å². The lowest BCUT2D eigenvalue weighted by atomic mass is 9.13. The van der Waals surface area contributed by atoms with Crippen LogP contribution < -0.4 is 59.7 Å². The van der Waals surface area contributed by atoms with Gasteiger partial charge in [0.2, 0.25) is 0 Å². The summed E-state index contributed by atoms with van der Waals surface area (Å²) in [7, 11) is 13.0. The quantitative estimate of drug-likeness (QED) is 0.245. The average molecular weight is 559 g/mol. The summed E-state index contributed by atoms with van der Waals surface area (Å²) in [6.07, 6.45) is -1.95. The van der Waals surface area contributed by atoms with E-state index in [0.717, 1.165) is 21.9 Å². The fourth-order valence-electron chi connectivity index (χ4n) is 5.64. The van der Waals surface area contributed by atoms with Crippen molar-refractivity contribution in [1.82, 2.24) is 0 Å². The van der Waals surface area contributed by atoms with E-state index in [9.17, 15) is 0 Å². The number of hydrogen-bond donors (Lipinski definition) is 0. The van der Waals surface area contributed by atoms with Crippen molar-refractivity contribution in [3.05, 3.63) is 72.8 Å². The molecule has 4 rings (SSSR count). The minimum atomic E-state index is -1.95. The summed E-state index contributed by atoms with van der Waals surface area (Å²) >= 11 is 0. The van der Waals surface area contributed by atoms with Crippen molar-refractivity contribution in [3.8, 4) is 46.0 Å². The fourth-order valence-corrected chi connectivity index (χ4v) is 5.64. The zero-order chi connectivity index (χ0) is 29.6. The van der Waals surface area contributed by atoms with Crippen LogP contribution in [0.15, 0.2) is 72.8 Å². The third-order valence-electron chi connectivity index (χ3n) is 7.63. The van der Waals surface area contributed by atoms with Gasteiger partial charge in [-0.1, -0.05) is 48.5 Å². The average Bonchev–Trinajstić information content (AvgIpc) is 3.04. The monoisotopic (exact) mass is 559 g/mol. The van der Waals surface area contributed by atoms with Crippen molar-refractivity contribution in [1.29, 1.82) is 0 Å². The molecule has 0 heterocycles. The Hall–Kier alpha value is -4.66. The first kappa shape index (κ1) is 29.3. The molecule has 0 aliphatic carbocycles. The maximum atomic E-state index is 5.77. The molecule has 9 heteroatoms. The molecule has 0 atom stereocenters. The summed E-state index contributed by atoms with van der Waals surface area (Å²) in [6.45, 7) is 0. The van der Waals surface area contributed by atoms with E-state index in [-0.39, 0.29) is 0 Å². The Morgan fingerprint density at radius 3 is 0.659 bits per heavy atom. The molecule has 0 spiro atoms. The molecule has 0 bridgehead atoms. The largest absolute Gasteiger partial charge is 0.493 e. The number of rotatable bonds is 12. The maximum absolute atomic E-state index is 5.77. The highest BCUT2D eigenvalue weighted by atomic mass is 16.5. The van der Waals surface area contributed by atoms with Gasteiger partial charge < -0.3 is 37.9 Å². The van der Waals surface area contributed by atoms with Crippen molar-refractivity contribution in [2.75, 3.05) is 56.9 Å². The molecular formula is C32H36BO8-. The van der Waals surface area contributed by atoms with E-state index in [1.807, 2.05) is 72.8 Å². The first-order chi connectivity index (χ1) is 19.9. The second-order valence-corrected chi connectivity index (χ2v) is 9.32. The molecule has 0 fully saturated rings. The van der Waals surface area contributed by atoms with Gasteiger partial charge in [-0.2, -0.15) is 21.9 Å². The van der Waals surface area contributed by atoms with Crippen LogP contribution in [0.4, 0.5) is 0 Å². The Morgan fingerprint density at radius 2 is 0.488 bits per heavy atom. The predicted molar refractivity (Wildman–Crippen MR) is 162 cm³/mol. The van der Waals surface area contributed by atoms with Crippen LogP contribution in [0.3, 0.4) is 0 Å². The normalized spacial score (nSPS) is 10.9. The predicted octanol–water partition coefficient (Wildman–Crippen LogP) is 3.13. The third-order valence-corrected chi connectivity index (χ3v) is 7.63. The van der Waals surface area contributed by atoms with Gasteiger partial charge in [-0.25, -0.2) is 0 Å². The Kier molecular flexibility index (Phi) is 9.07. The van der Waals surface area contributed by atoms with E-state index < -0.39 is 6.15 Å². The third kappa shape index (κ3) is 5.15. The summed E-state index contributed by atoms with van der Waals surface area (Å²) in [5.41, 5.74) is 3.81. The smallest absolute Gasteiger partial charge is 0.160 e. The lowest BCUT2D eigenvalue weighted by molar-refractivity contribution is 0.355. The molecule has 0 aliphatic heterocycles. The molecule has 0 unspecified atom stereocenters. The van der Waals surface area contributed by atoms with Crippen molar-refractivity contribution in [2.24, 2.45) is 0 Å². The number of ether oxygens (including phenoxy) is 8. The van der Waals surface area contributed by atoms with Crippen LogP contribution in [0.2, 0.25) is 0 Å². The fraction of sp³-hybridized carbons (Fsp3) is 0.250. The van der Waals surface area contributed by atoms with Crippen LogP contribution in [0.25, 0.3) is 0 Å². The van der Waals surface area contributed by atoms with Crippen LogP contribution in [0.1, 0.15) is 0 Å². The maximum Gasteiger partial charge on any atom is 0.160 e. The number of methoxy groups -OCH3 is 8. The molecule has 0 radical (unpaired) electrons. The number of hydrogen-bond acceptors (Lipinski definition) is 8. The Balaban J connectivity index is 2.23. The van der Waals surface area contributed by atoms with Crippen LogP contribution in [-0.4, -0.2) is 63.0 Å². The molecule has 4 aromatic rings. The van der Waals surface area contributed by atoms with E-state index in [1.165, 1.54) is 0 Å². The van der Waals surface area contributed by atoms with Crippen molar-refractivity contribution < 1.29 is 37.9 Å². The Bertz CT molecular complexity index is 1280. The molecule has 41 heavy (non-hydrogen) atoms. The Morgan fingerprint density at radius 1 is 0.293 bits per heavy atom. The van der Waals surface area contributed by atoms with Crippen molar-refractivity contribution in [2.45, 2.75) is 0 Å². The van der Waals surface area contributed by atoms with Gasteiger partial charge >= 0.3 is 0 Å². The summed E-state index contributed by atoms with van der Waals surface area (Å²) < 4.78 is 45.5. The van der Waals surface area contributed by atoms with E-state index in [4.69, 9.17) is 37.9 Å². The number of benzene rings is 4. The highest BCUT2D eigenvalue weighted by Gasteiger charge is 2.35. The summed E-state index contributed by atoms with van der Waals surface area (Å²) in [5.74, 6) is 4.85. The van der Waals surface area contributed by atoms with Gasteiger partial charge in [0.25, 0.3) is 0 Å². The zero-order valence-electron chi connectivity index (χ0n) is 24.8. The molecule has 0 aliphatic rings. The standard InChI is InChI=1S/C32H36BO8/c1-34-25-13-9-21(17-29(25)38-5)33(22-10-14-26(35-2)30(18-22)39-6,23-11-15-27(36-3)31(19-23)40-7)24-12-16-28(37-4)32(20-24)41-8/h9-20H,1-8H3/q-1. The van der Waals surface area contributed by atoms with E-state index in [0.29, 0.717) is 46.0 Å². The SMILES string of the molecule is COc1ccc([B-](c2ccc(OC)c(OC)c2)(c2ccc(OC)c(OC)c2)c2ccc(OC)c(OC)c2)cc1OC. The summed E-state index contributed by atoms with van der Waals surface area (Å²) in [6, 6.07) is 23.8. The second-order valence-electron chi connectivity index (χ2n) is 9.32. The van der Waals surface area contributed by atoms with Crippen LogP contribution in [0.5, 0.6) is 46.0 Å². The lowest BCUT2D eigenvalue weighted by Gasteiger charge is -2.45. The van der Waals surface area contributed by atoms with Gasteiger partial charge in [-0.15, -0.1) is 0 Å². The zero-order valence-corrected chi connectivity index (χ0v) is 24.8. The van der Waals surface area contributed by atoms with E-state index in [2.05, 4.69) is 0 Å². The van der Waals surface area contributed by atoms with Gasteiger partial charge in [-0.05, 0) is 24.3 Å². The minimum Gasteiger partial charge on any atom is -0.493 e. The van der Waals surface area contributed by atoms with E-state index in [1.54, 1.807) is 56.9 Å². The lowest BCUT2D eigenvalue weighted by Crippen LogP contribution is -2.74. The highest BCUT2D eigenvalue weighted by molar-refractivity contribution is 7.20. The molecule has 4 aromatic carbocycles. The molecule has 8 nitrogen and oxygen atoms in total. The molecule has 0 aromatic heterocycles. The summed E-state index contributed by atoms with van der Waals surface area (Å²) in [5, 5.41) is 0. The summed E-state index contributed by atoms with van der Waals surface area (Å²) in [4.78, 5) is 0. The van der Waals surface area contributed by atoms with Crippen LogP contribution in [0, 0.1) is 0 Å².